The molecule has 31 heavy (non-hydrogen) atoms. The second kappa shape index (κ2) is 8.48. The number of amides is 2. The van der Waals surface area contributed by atoms with Gasteiger partial charge in [-0.25, -0.2) is 4.68 Å². The van der Waals surface area contributed by atoms with Crippen LogP contribution in [0.2, 0.25) is 0 Å². The molecule has 1 aromatic carbocycles. The number of aromatic nitrogens is 2. The predicted molar refractivity (Wildman–Crippen MR) is 119 cm³/mol. The van der Waals surface area contributed by atoms with Crippen LogP contribution < -0.4 is 0 Å². The van der Waals surface area contributed by atoms with Gasteiger partial charge in [0, 0.05) is 43.9 Å². The summed E-state index contributed by atoms with van der Waals surface area (Å²) in [5.74, 6) is 0.859. The molecule has 0 unspecified atom stereocenters. The molecule has 2 amide bonds. The second-order valence-electron chi connectivity index (χ2n) is 9.35. The Morgan fingerprint density at radius 2 is 1.68 bits per heavy atom. The molecule has 3 aliphatic rings. The molecule has 6 heteroatoms. The van der Waals surface area contributed by atoms with E-state index in [1.807, 2.05) is 26.6 Å². The predicted octanol–water partition coefficient (Wildman–Crippen LogP) is 3.53. The number of hydrogen-bond donors (Lipinski definition) is 0. The van der Waals surface area contributed by atoms with Crippen molar-refractivity contribution in [2.24, 2.45) is 5.92 Å². The summed E-state index contributed by atoms with van der Waals surface area (Å²) < 4.78 is 1.99. The highest BCUT2D eigenvalue weighted by Gasteiger charge is 2.32. The lowest BCUT2D eigenvalue weighted by Gasteiger charge is -2.35. The van der Waals surface area contributed by atoms with Crippen LogP contribution in [-0.2, 0) is 17.6 Å². The van der Waals surface area contributed by atoms with Crippen molar-refractivity contribution in [2.75, 3.05) is 26.2 Å². The molecule has 164 valence electrons. The summed E-state index contributed by atoms with van der Waals surface area (Å²) in [4.78, 5) is 29.9. The third kappa shape index (κ3) is 3.88. The van der Waals surface area contributed by atoms with Crippen LogP contribution in [0.5, 0.6) is 0 Å². The van der Waals surface area contributed by atoms with Gasteiger partial charge < -0.3 is 9.80 Å². The molecule has 0 spiro atoms. The molecule has 2 fully saturated rings. The standard InChI is InChI=1S/C25H32N4O2/c1-18-7-2-5-11-21(18)29-22-12-6-10-20(22)24(26-29)25(31)28-15-13-27(14-16-28)23(30)17-19-8-3-4-9-19/h2,5,7,11,19H,3-4,6,8-10,12-17H2,1H3. The van der Waals surface area contributed by atoms with E-state index in [1.54, 1.807) is 0 Å². The minimum absolute atomic E-state index is 0.0216. The van der Waals surface area contributed by atoms with Crippen molar-refractivity contribution in [1.82, 2.24) is 19.6 Å². The fraction of sp³-hybridized carbons (Fsp3) is 0.560. The number of piperazine rings is 1. The molecule has 0 atom stereocenters. The van der Waals surface area contributed by atoms with Crippen LogP contribution in [0.15, 0.2) is 24.3 Å². The van der Waals surface area contributed by atoms with Crippen molar-refractivity contribution in [2.45, 2.75) is 58.3 Å². The van der Waals surface area contributed by atoms with Gasteiger partial charge in [-0.2, -0.15) is 5.10 Å². The lowest BCUT2D eigenvalue weighted by atomic mass is 10.0. The Kier molecular flexibility index (Phi) is 5.55. The summed E-state index contributed by atoms with van der Waals surface area (Å²) in [5.41, 5.74) is 5.13. The zero-order valence-corrected chi connectivity index (χ0v) is 18.5. The number of benzene rings is 1. The molecule has 1 saturated heterocycles. The topological polar surface area (TPSA) is 58.4 Å². The van der Waals surface area contributed by atoms with E-state index in [0.717, 1.165) is 36.1 Å². The maximum Gasteiger partial charge on any atom is 0.274 e. The fourth-order valence-corrected chi connectivity index (χ4v) is 5.51. The van der Waals surface area contributed by atoms with Gasteiger partial charge in [0.15, 0.2) is 5.69 Å². The van der Waals surface area contributed by atoms with Crippen molar-refractivity contribution < 1.29 is 9.59 Å². The van der Waals surface area contributed by atoms with Gasteiger partial charge in [0.05, 0.1) is 5.69 Å². The summed E-state index contributed by atoms with van der Waals surface area (Å²) >= 11 is 0. The number of carbonyl (C=O) groups excluding carboxylic acids is 2. The van der Waals surface area contributed by atoms with Crippen molar-refractivity contribution >= 4 is 11.8 Å². The van der Waals surface area contributed by atoms with Gasteiger partial charge in [-0.05, 0) is 56.6 Å². The maximum absolute atomic E-state index is 13.4. The molecule has 2 aromatic rings. The van der Waals surface area contributed by atoms with Crippen LogP contribution in [0.3, 0.4) is 0 Å². The molecule has 0 radical (unpaired) electrons. The average molecular weight is 421 g/mol. The maximum atomic E-state index is 13.4. The Labute approximate surface area is 184 Å². The number of nitrogens with zero attached hydrogens (tertiary/aromatic N) is 4. The summed E-state index contributed by atoms with van der Waals surface area (Å²) in [7, 11) is 0. The minimum Gasteiger partial charge on any atom is -0.339 e. The number of rotatable bonds is 4. The lowest BCUT2D eigenvalue weighted by molar-refractivity contribution is -0.133. The molecular weight excluding hydrogens is 388 g/mol. The van der Waals surface area contributed by atoms with Crippen LogP contribution in [0, 0.1) is 12.8 Å². The smallest absolute Gasteiger partial charge is 0.274 e. The van der Waals surface area contributed by atoms with Gasteiger partial charge in [0.25, 0.3) is 5.91 Å². The van der Waals surface area contributed by atoms with E-state index in [-0.39, 0.29) is 11.8 Å². The molecule has 1 saturated carbocycles. The number of aryl methyl sites for hydroxylation is 1. The zero-order valence-electron chi connectivity index (χ0n) is 18.5. The van der Waals surface area contributed by atoms with Gasteiger partial charge in [-0.15, -0.1) is 0 Å². The molecule has 0 N–H and O–H groups in total. The van der Waals surface area contributed by atoms with E-state index in [1.165, 1.54) is 31.4 Å². The van der Waals surface area contributed by atoms with Crippen molar-refractivity contribution in [1.29, 1.82) is 0 Å². The van der Waals surface area contributed by atoms with E-state index < -0.39 is 0 Å². The summed E-state index contributed by atoms with van der Waals surface area (Å²) in [6, 6.07) is 8.21. The number of para-hydroxylation sites is 1. The van der Waals surface area contributed by atoms with Crippen LogP contribution in [0.25, 0.3) is 5.69 Å². The quantitative estimate of drug-likeness (QED) is 0.760. The highest BCUT2D eigenvalue weighted by molar-refractivity contribution is 5.94. The minimum atomic E-state index is 0.0216. The molecule has 0 bridgehead atoms. The Balaban J connectivity index is 1.29. The molecule has 2 heterocycles. The molecule has 2 aliphatic carbocycles. The third-order valence-electron chi connectivity index (χ3n) is 7.33. The Bertz CT molecular complexity index is 981. The number of fused-ring (bicyclic) bond motifs is 1. The summed E-state index contributed by atoms with van der Waals surface area (Å²) in [5, 5.41) is 4.81. The van der Waals surface area contributed by atoms with E-state index in [4.69, 9.17) is 5.10 Å². The SMILES string of the molecule is Cc1ccccc1-n1nc(C(=O)N2CCN(C(=O)CC3CCCC3)CC2)c2c1CCC2. The van der Waals surface area contributed by atoms with Gasteiger partial charge >= 0.3 is 0 Å². The van der Waals surface area contributed by atoms with E-state index in [0.29, 0.717) is 44.2 Å². The van der Waals surface area contributed by atoms with E-state index in [2.05, 4.69) is 19.1 Å². The molecular formula is C25H32N4O2. The van der Waals surface area contributed by atoms with Crippen LogP contribution in [0.1, 0.15) is 65.8 Å². The van der Waals surface area contributed by atoms with E-state index in [9.17, 15) is 9.59 Å². The molecule has 6 nitrogen and oxygen atoms in total. The highest BCUT2D eigenvalue weighted by atomic mass is 16.2. The first-order chi connectivity index (χ1) is 15.1. The van der Waals surface area contributed by atoms with E-state index >= 15 is 0 Å². The first-order valence-electron chi connectivity index (χ1n) is 11.9. The van der Waals surface area contributed by atoms with Crippen molar-refractivity contribution in [3.8, 4) is 5.69 Å². The van der Waals surface area contributed by atoms with Gasteiger partial charge in [-0.3, -0.25) is 9.59 Å². The largest absolute Gasteiger partial charge is 0.339 e. The molecule has 1 aromatic heterocycles. The van der Waals surface area contributed by atoms with Crippen LogP contribution in [-0.4, -0.2) is 57.6 Å². The fourth-order valence-electron chi connectivity index (χ4n) is 5.51. The third-order valence-corrected chi connectivity index (χ3v) is 7.33. The van der Waals surface area contributed by atoms with Gasteiger partial charge in [-0.1, -0.05) is 31.0 Å². The summed E-state index contributed by atoms with van der Waals surface area (Å²) in [6.45, 7) is 4.56. The van der Waals surface area contributed by atoms with Crippen molar-refractivity contribution in [3.05, 3.63) is 46.8 Å². The average Bonchev–Trinajstić information content (AvgIpc) is 3.52. The lowest BCUT2D eigenvalue weighted by Crippen LogP contribution is -2.51. The monoisotopic (exact) mass is 420 g/mol. The Morgan fingerprint density at radius 1 is 0.968 bits per heavy atom. The molecule has 5 rings (SSSR count). The second-order valence-corrected chi connectivity index (χ2v) is 9.35. The number of carbonyl (C=O) groups is 2. The number of hydrogen-bond acceptors (Lipinski definition) is 3. The Morgan fingerprint density at radius 3 is 2.42 bits per heavy atom. The van der Waals surface area contributed by atoms with Crippen LogP contribution >= 0.6 is 0 Å². The Hall–Kier alpha value is -2.63. The van der Waals surface area contributed by atoms with Crippen molar-refractivity contribution in [3.63, 3.8) is 0 Å². The van der Waals surface area contributed by atoms with Crippen LogP contribution in [0.4, 0.5) is 0 Å². The zero-order chi connectivity index (χ0) is 21.4. The highest BCUT2D eigenvalue weighted by Crippen LogP contribution is 2.30. The van der Waals surface area contributed by atoms with Gasteiger partial charge in [0.2, 0.25) is 5.91 Å². The molecule has 1 aliphatic heterocycles. The van der Waals surface area contributed by atoms with Gasteiger partial charge in [0.1, 0.15) is 0 Å². The first kappa shape index (κ1) is 20.3. The normalized spacial score (nSPS) is 19.1. The first-order valence-corrected chi connectivity index (χ1v) is 11.9. The summed E-state index contributed by atoms with van der Waals surface area (Å²) in [6.07, 6.45) is 8.55.